The molecule has 1 N–H and O–H groups in total. The third kappa shape index (κ3) is 6.47. The van der Waals surface area contributed by atoms with Crippen molar-refractivity contribution in [1.82, 2.24) is 4.90 Å². The van der Waals surface area contributed by atoms with Gasteiger partial charge in [-0.2, -0.15) is 0 Å². The van der Waals surface area contributed by atoms with Gasteiger partial charge in [0.1, 0.15) is 6.04 Å². The number of anilines is 1. The molecule has 0 radical (unpaired) electrons. The third-order valence-electron chi connectivity index (χ3n) is 4.64. The van der Waals surface area contributed by atoms with Gasteiger partial charge in [0.25, 0.3) is 10.0 Å². The van der Waals surface area contributed by atoms with Crippen LogP contribution in [0.5, 0.6) is 0 Å². The highest BCUT2D eigenvalue weighted by atomic mass is 35.5. The van der Waals surface area contributed by atoms with Crippen molar-refractivity contribution in [2.75, 3.05) is 29.0 Å². The second-order valence-electron chi connectivity index (χ2n) is 6.65. The van der Waals surface area contributed by atoms with E-state index in [4.69, 9.17) is 34.8 Å². The Morgan fingerprint density at radius 2 is 1.75 bits per heavy atom. The molecule has 1 aliphatic rings. The average molecular weight is 536 g/mol. The number of aliphatic carboxylic acids is 1. The Labute approximate surface area is 207 Å². The SMILES string of the molecule is C#C.O=C(O)C1CSCN1CCCN(c1cc(Cl)ccc1Cl)S(=O)(=O)c1ccc(Cl)cc1. The molecular weight excluding hydrogens is 515 g/mol. The number of thioether (sulfide) groups is 1. The third-order valence-corrected chi connectivity index (χ3v) is 8.34. The molecule has 0 aliphatic carbocycles. The van der Waals surface area contributed by atoms with Gasteiger partial charge in [-0.1, -0.05) is 34.8 Å². The van der Waals surface area contributed by atoms with E-state index >= 15 is 0 Å². The maximum Gasteiger partial charge on any atom is 0.321 e. The summed E-state index contributed by atoms with van der Waals surface area (Å²) in [6.07, 6.45) is 8.42. The normalized spacial score (nSPS) is 16.2. The number of halogens is 3. The Bertz CT molecular complexity index is 1060. The zero-order chi connectivity index (χ0) is 23.9. The summed E-state index contributed by atoms with van der Waals surface area (Å²) in [6, 6.07) is 9.94. The largest absolute Gasteiger partial charge is 0.480 e. The summed E-state index contributed by atoms with van der Waals surface area (Å²) in [5, 5.41) is 10.4. The quantitative estimate of drug-likeness (QED) is 0.483. The molecule has 1 atom stereocenters. The minimum Gasteiger partial charge on any atom is -0.480 e. The van der Waals surface area contributed by atoms with Crippen molar-refractivity contribution in [1.29, 1.82) is 0 Å². The van der Waals surface area contributed by atoms with E-state index in [0.717, 1.165) is 0 Å². The summed E-state index contributed by atoms with van der Waals surface area (Å²) in [4.78, 5) is 13.3. The first kappa shape index (κ1) is 26.7. The molecule has 6 nitrogen and oxygen atoms in total. The van der Waals surface area contributed by atoms with Crippen molar-refractivity contribution in [2.45, 2.75) is 17.4 Å². The van der Waals surface area contributed by atoms with Crippen LogP contribution in [0.25, 0.3) is 0 Å². The van der Waals surface area contributed by atoms with Crippen LogP contribution in [0.1, 0.15) is 6.42 Å². The lowest BCUT2D eigenvalue weighted by Gasteiger charge is -2.27. The van der Waals surface area contributed by atoms with Gasteiger partial charge in [0.15, 0.2) is 0 Å². The van der Waals surface area contributed by atoms with Crippen LogP contribution < -0.4 is 4.31 Å². The molecule has 3 rings (SSSR count). The molecule has 0 bridgehead atoms. The predicted octanol–water partition coefficient (Wildman–Crippen LogP) is 4.94. The molecule has 32 heavy (non-hydrogen) atoms. The van der Waals surface area contributed by atoms with Crippen LogP contribution in [0.15, 0.2) is 47.4 Å². The minimum absolute atomic E-state index is 0.0723. The number of terminal acetylenes is 1. The van der Waals surface area contributed by atoms with E-state index in [1.165, 1.54) is 34.6 Å². The van der Waals surface area contributed by atoms with E-state index in [9.17, 15) is 18.3 Å². The Hall–Kier alpha value is -1.60. The molecule has 0 saturated carbocycles. The van der Waals surface area contributed by atoms with Gasteiger partial charge in [-0.3, -0.25) is 14.0 Å². The lowest BCUT2D eigenvalue weighted by atomic mass is 10.2. The molecule has 0 spiro atoms. The molecule has 0 amide bonds. The molecule has 0 aromatic heterocycles. The summed E-state index contributed by atoms with van der Waals surface area (Å²) in [5.41, 5.74) is 0.268. The first-order valence-corrected chi connectivity index (χ1v) is 13.0. The lowest BCUT2D eigenvalue weighted by Crippen LogP contribution is -2.40. The zero-order valence-corrected chi connectivity index (χ0v) is 20.7. The Morgan fingerprint density at radius 1 is 1.12 bits per heavy atom. The second kappa shape index (κ2) is 12.0. The van der Waals surface area contributed by atoms with Crippen LogP contribution in [0.4, 0.5) is 5.69 Å². The molecule has 11 heteroatoms. The fraction of sp³-hybridized carbons (Fsp3) is 0.286. The van der Waals surface area contributed by atoms with E-state index in [1.807, 2.05) is 4.90 Å². The summed E-state index contributed by atoms with van der Waals surface area (Å²) >= 11 is 19.8. The van der Waals surface area contributed by atoms with Crippen LogP contribution in [0.3, 0.4) is 0 Å². The lowest BCUT2D eigenvalue weighted by molar-refractivity contribution is -0.141. The Morgan fingerprint density at radius 3 is 2.38 bits per heavy atom. The first-order valence-electron chi connectivity index (χ1n) is 9.31. The van der Waals surface area contributed by atoms with Crippen molar-refractivity contribution in [2.24, 2.45) is 0 Å². The van der Waals surface area contributed by atoms with Crippen LogP contribution in [0, 0.1) is 12.8 Å². The highest BCUT2D eigenvalue weighted by molar-refractivity contribution is 7.99. The zero-order valence-electron chi connectivity index (χ0n) is 16.8. The maximum absolute atomic E-state index is 13.4. The van der Waals surface area contributed by atoms with Gasteiger partial charge in [0.2, 0.25) is 0 Å². The number of rotatable bonds is 8. The fourth-order valence-corrected chi connectivity index (χ4v) is 6.42. The van der Waals surface area contributed by atoms with Crippen LogP contribution >= 0.6 is 46.6 Å². The number of hydrogen-bond donors (Lipinski definition) is 1. The standard InChI is InChI=1S/C19H19Cl3N2O4S2.C2H2/c20-13-2-5-15(6-3-13)30(27,28)24(17-10-14(21)4-7-16(17)22)9-1-8-23-12-29-11-18(23)19(25)26;1-2/h2-7,10,18H,1,8-9,11-12H2,(H,25,26);1-2H. The maximum atomic E-state index is 13.4. The molecule has 172 valence electrons. The number of nitrogens with zero attached hydrogens (tertiary/aromatic N) is 2. The van der Waals surface area contributed by atoms with Crippen molar-refractivity contribution in [3.05, 3.63) is 57.5 Å². The Kier molecular flexibility index (Phi) is 10.0. The number of carbonyl (C=O) groups is 1. The molecule has 1 heterocycles. The molecular formula is C21H21Cl3N2O4S2. The first-order chi connectivity index (χ1) is 15.2. The topological polar surface area (TPSA) is 77.9 Å². The van der Waals surface area contributed by atoms with Gasteiger partial charge in [-0.25, -0.2) is 8.42 Å². The van der Waals surface area contributed by atoms with Gasteiger partial charge < -0.3 is 5.11 Å². The molecule has 2 aromatic carbocycles. The van der Waals surface area contributed by atoms with Crippen molar-refractivity contribution >= 4 is 68.2 Å². The van der Waals surface area contributed by atoms with Crippen molar-refractivity contribution in [3.8, 4) is 12.8 Å². The van der Waals surface area contributed by atoms with Gasteiger partial charge in [0.05, 0.1) is 15.6 Å². The van der Waals surface area contributed by atoms with Crippen molar-refractivity contribution in [3.63, 3.8) is 0 Å². The van der Waals surface area contributed by atoms with Crippen LogP contribution in [0.2, 0.25) is 15.1 Å². The molecule has 1 saturated heterocycles. The highest BCUT2D eigenvalue weighted by Gasteiger charge is 2.32. The summed E-state index contributed by atoms with van der Waals surface area (Å²) in [7, 11) is -3.94. The average Bonchev–Trinajstić information content (AvgIpc) is 3.24. The van der Waals surface area contributed by atoms with Gasteiger partial charge in [0, 0.05) is 34.8 Å². The van der Waals surface area contributed by atoms with E-state index in [0.29, 0.717) is 34.6 Å². The van der Waals surface area contributed by atoms with E-state index in [-0.39, 0.29) is 22.2 Å². The predicted molar refractivity (Wildman–Crippen MR) is 132 cm³/mol. The smallest absolute Gasteiger partial charge is 0.321 e. The summed E-state index contributed by atoms with van der Waals surface area (Å²) in [5.74, 6) is 0.240. The van der Waals surface area contributed by atoms with Crippen LogP contribution in [-0.2, 0) is 14.8 Å². The molecule has 1 aliphatic heterocycles. The fourth-order valence-electron chi connectivity index (χ4n) is 3.12. The number of sulfonamides is 1. The van der Waals surface area contributed by atoms with E-state index in [1.54, 1.807) is 23.9 Å². The highest BCUT2D eigenvalue weighted by Crippen LogP contribution is 2.33. The molecule has 2 aromatic rings. The number of benzene rings is 2. The number of carboxylic acid groups (broad SMARTS) is 1. The monoisotopic (exact) mass is 534 g/mol. The van der Waals surface area contributed by atoms with E-state index < -0.39 is 22.0 Å². The molecule has 1 fully saturated rings. The van der Waals surface area contributed by atoms with E-state index in [2.05, 4.69) is 12.8 Å². The number of hydrogen-bond acceptors (Lipinski definition) is 5. The summed E-state index contributed by atoms with van der Waals surface area (Å²) in [6.45, 7) is 0.549. The summed E-state index contributed by atoms with van der Waals surface area (Å²) < 4.78 is 28.0. The number of carboxylic acids is 1. The van der Waals surface area contributed by atoms with Crippen molar-refractivity contribution < 1.29 is 18.3 Å². The van der Waals surface area contributed by atoms with Crippen LogP contribution in [-0.4, -0.2) is 55.2 Å². The van der Waals surface area contributed by atoms with Gasteiger partial charge in [-0.05, 0) is 48.9 Å². The minimum atomic E-state index is -3.94. The Balaban J connectivity index is 0.00000176. The second-order valence-corrected chi connectivity index (χ2v) is 10.8. The van der Waals surface area contributed by atoms with Gasteiger partial charge in [-0.15, -0.1) is 24.6 Å². The van der Waals surface area contributed by atoms with Gasteiger partial charge >= 0.3 is 5.97 Å². The molecule has 1 unspecified atom stereocenters.